The second kappa shape index (κ2) is 8.49. The zero-order valence-electron chi connectivity index (χ0n) is 13.4. The molecule has 0 unspecified atom stereocenters. The molecule has 0 bridgehead atoms. The first kappa shape index (κ1) is 18.0. The Morgan fingerprint density at radius 2 is 1.83 bits per heavy atom. The summed E-state index contributed by atoms with van der Waals surface area (Å²) >= 11 is 0. The highest BCUT2D eigenvalue weighted by atomic mass is 19.2. The van der Waals surface area contributed by atoms with E-state index in [2.05, 4.69) is 5.32 Å². The SMILES string of the molecule is C[C@@H]([NH2+]CC(=O)NCCc1ccccc1F)c1ccc(F)c(F)c1. The summed E-state index contributed by atoms with van der Waals surface area (Å²) in [4.78, 5) is 11.8. The maximum absolute atomic E-state index is 13.4. The lowest BCUT2D eigenvalue weighted by molar-refractivity contribution is -0.682. The molecule has 3 N–H and O–H groups in total. The minimum atomic E-state index is -0.901. The summed E-state index contributed by atoms with van der Waals surface area (Å²) in [5, 5.41) is 4.44. The van der Waals surface area contributed by atoms with Crippen molar-refractivity contribution in [1.82, 2.24) is 5.32 Å². The van der Waals surface area contributed by atoms with Gasteiger partial charge in [-0.05, 0) is 43.2 Å². The van der Waals surface area contributed by atoms with Gasteiger partial charge in [-0.3, -0.25) is 4.79 Å². The highest BCUT2D eigenvalue weighted by Gasteiger charge is 2.13. The summed E-state index contributed by atoms with van der Waals surface area (Å²) in [7, 11) is 0. The van der Waals surface area contributed by atoms with Gasteiger partial charge in [0, 0.05) is 12.1 Å². The maximum atomic E-state index is 13.4. The van der Waals surface area contributed by atoms with Crippen LogP contribution in [-0.2, 0) is 11.2 Å². The minimum Gasteiger partial charge on any atom is -0.351 e. The third-order valence-electron chi connectivity index (χ3n) is 3.80. The molecule has 2 aromatic carbocycles. The number of benzene rings is 2. The molecule has 0 saturated heterocycles. The molecule has 0 aliphatic rings. The van der Waals surface area contributed by atoms with Gasteiger partial charge in [-0.15, -0.1) is 0 Å². The van der Waals surface area contributed by atoms with Gasteiger partial charge < -0.3 is 10.6 Å². The number of quaternary nitrogens is 1. The van der Waals surface area contributed by atoms with E-state index in [0.717, 1.165) is 12.1 Å². The Bertz CT molecular complexity index is 706. The second-order valence-electron chi connectivity index (χ2n) is 5.59. The first-order valence-corrected chi connectivity index (χ1v) is 7.75. The number of rotatable bonds is 7. The molecule has 6 heteroatoms. The lowest BCUT2D eigenvalue weighted by Gasteiger charge is -2.11. The smallest absolute Gasteiger partial charge is 0.275 e. The molecule has 128 valence electrons. The van der Waals surface area contributed by atoms with Crippen LogP contribution in [0.2, 0.25) is 0 Å². The first-order valence-electron chi connectivity index (χ1n) is 7.75. The van der Waals surface area contributed by atoms with Crippen LogP contribution in [0.15, 0.2) is 42.5 Å². The van der Waals surface area contributed by atoms with E-state index >= 15 is 0 Å². The molecule has 0 saturated carbocycles. The zero-order valence-corrected chi connectivity index (χ0v) is 13.4. The van der Waals surface area contributed by atoms with Crippen LogP contribution in [0.5, 0.6) is 0 Å². The standard InChI is InChI=1S/C18H19F3N2O/c1-12(14-6-7-16(20)17(21)10-14)23-11-18(24)22-9-8-13-4-2-3-5-15(13)19/h2-7,10,12,23H,8-9,11H2,1H3,(H,22,24)/p+1/t12-/m1/s1. The average Bonchev–Trinajstić information content (AvgIpc) is 2.57. The van der Waals surface area contributed by atoms with E-state index in [9.17, 15) is 18.0 Å². The summed E-state index contributed by atoms with van der Waals surface area (Å²) in [5.74, 6) is -2.27. The fourth-order valence-electron chi connectivity index (χ4n) is 2.33. The highest BCUT2D eigenvalue weighted by molar-refractivity contribution is 5.76. The monoisotopic (exact) mass is 337 g/mol. The van der Waals surface area contributed by atoms with Crippen molar-refractivity contribution < 1.29 is 23.3 Å². The van der Waals surface area contributed by atoms with Crippen molar-refractivity contribution >= 4 is 5.91 Å². The Morgan fingerprint density at radius 1 is 1.08 bits per heavy atom. The fraction of sp³-hybridized carbons (Fsp3) is 0.278. The molecule has 3 nitrogen and oxygen atoms in total. The summed E-state index contributed by atoms with van der Waals surface area (Å²) in [5.41, 5.74) is 1.16. The predicted molar refractivity (Wildman–Crippen MR) is 84.7 cm³/mol. The van der Waals surface area contributed by atoms with Crippen LogP contribution < -0.4 is 10.6 Å². The van der Waals surface area contributed by atoms with Gasteiger partial charge >= 0.3 is 0 Å². The van der Waals surface area contributed by atoms with Crippen molar-refractivity contribution in [2.24, 2.45) is 0 Å². The maximum Gasteiger partial charge on any atom is 0.275 e. The van der Waals surface area contributed by atoms with Crippen LogP contribution in [0.4, 0.5) is 13.2 Å². The number of nitrogens with two attached hydrogens (primary N) is 1. The van der Waals surface area contributed by atoms with Crippen molar-refractivity contribution in [1.29, 1.82) is 0 Å². The van der Waals surface area contributed by atoms with Crippen molar-refractivity contribution in [3.63, 3.8) is 0 Å². The topological polar surface area (TPSA) is 45.7 Å². The number of amides is 1. The Hall–Kier alpha value is -2.34. The number of carbonyl (C=O) groups is 1. The van der Waals surface area contributed by atoms with E-state index in [1.54, 1.807) is 30.4 Å². The summed E-state index contributed by atoms with van der Waals surface area (Å²) in [6, 6.07) is 9.94. The van der Waals surface area contributed by atoms with Crippen LogP contribution >= 0.6 is 0 Å². The molecule has 1 atom stereocenters. The highest BCUT2D eigenvalue weighted by Crippen LogP contribution is 2.13. The van der Waals surface area contributed by atoms with Gasteiger partial charge in [0.05, 0.1) is 0 Å². The minimum absolute atomic E-state index is 0.150. The van der Waals surface area contributed by atoms with Gasteiger partial charge in [-0.25, -0.2) is 13.2 Å². The summed E-state index contributed by atoms with van der Waals surface area (Å²) < 4.78 is 39.5. The molecule has 0 radical (unpaired) electrons. The molecule has 1 amide bonds. The van der Waals surface area contributed by atoms with E-state index in [0.29, 0.717) is 24.1 Å². The number of carbonyl (C=O) groups excluding carboxylic acids is 1. The third kappa shape index (κ3) is 5.09. The third-order valence-corrected chi connectivity index (χ3v) is 3.80. The molecule has 0 fully saturated rings. The quantitative estimate of drug-likeness (QED) is 0.798. The number of nitrogens with one attached hydrogen (secondary N) is 1. The number of halogens is 3. The lowest BCUT2D eigenvalue weighted by atomic mass is 10.1. The van der Waals surface area contributed by atoms with E-state index in [1.807, 2.05) is 0 Å². The molecular formula is C18H20F3N2O+. The van der Waals surface area contributed by atoms with E-state index in [1.165, 1.54) is 12.1 Å². The second-order valence-corrected chi connectivity index (χ2v) is 5.59. The molecule has 2 aromatic rings. The lowest BCUT2D eigenvalue weighted by Crippen LogP contribution is -2.87. The predicted octanol–water partition coefficient (Wildman–Crippen LogP) is 2.09. The zero-order chi connectivity index (χ0) is 17.5. The Kier molecular flexibility index (Phi) is 6.37. The Morgan fingerprint density at radius 3 is 2.54 bits per heavy atom. The average molecular weight is 337 g/mol. The van der Waals surface area contributed by atoms with E-state index in [-0.39, 0.29) is 24.3 Å². The largest absolute Gasteiger partial charge is 0.351 e. The molecule has 24 heavy (non-hydrogen) atoms. The van der Waals surface area contributed by atoms with Crippen LogP contribution in [0, 0.1) is 17.5 Å². The molecule has 0 aliphatic carbocycles. The van der Waals surface area contributed by atoms with Crippen molar-refractivity contribution in [2.45, 2.75) is 19.4 Å². The van der Waals surface area contributed by atoms with Gasteiger partial charge in [-0.1, -0.05) is 18.2 Å². The van der Waals surface area contributed by atoms with Crippen molar-refractivity contribution in [3.05, 3.63) is 71.0 Å². The molecular weight excluding hydrogens is 317 g/mol. The first-order chi connectivity index (χ1) is 11.5. The normalized spacial score (nSPS) is 12.0. The number of hydrogen-bond acceptors (Lipinski definition) is 1. The van der Waals surface area contributed by atoms with E-state index in [4.69, 9.17) is 0 Å². The molecule has 0 aromatic heterocycles. The van der Waals surface area contributed by atoms with Crippen LogP contribution in [-0.4, -0.2) is 19.0 Å². The molecule has 0 heterocycles. The fourth-order valence-corrected chi connectivity index (χ4v) is 2.33. The van der Waals surface area contributed by atoms with Gasteiger partial charge in [0.2, 0.25) is 0 Å². The van der Waals surface area contributed by atoms with Gasteiger partial charge in [0.15, 0.2) is 18.2 Å². The Labute approximate surface area is 138 Å². The van der Waals surface area contributed by atoms with Crippen LogP contribution in [0.3, 0.4) is 0 Å². The molecule has 2 rings (SSSR count). The van der Waals surface area contributed by atoms with Crippen LogP contribution in [0.1, 0.15) is 24.1 Å². The van der Waals surface area contributed by atoms with Crippen molar-refractivity contribution in [3.8, 4) is 0 Å². The van der Waals surface area contributed by atoms with Crippen LogP contribution in [0.25, 0.3) is 0 Å². The van der Waals surface area contributed by atoms with Gasteiger partial charge in [0.1, 0.15) is 11.9 Å². The Balaban J connectivity index is 1.74. The van der Waals surface area contributed by atoms with Gasteiger partial charge in [-0.2, -0.15) is 0 Å². The molecule has 0 spiro atoms. The molecule has 0 aliphatic heterocycles. The summed E-state index contributed by atoms with van der Waals surface area (Å²) in [6.07, 6.45) is 0.414. The number of hydrogen-bond donors (Lipinski definition) is 2. The van der Waals surface area contributed by atoms with Crippen molar-refractivity contribution in [2.75, 3.05) is 13.1 Å². The van der Waals surface area contributed by atoms with Gasteiger partial charge in [0.25, 0.3) is 5.91 Å². The van der Waals surface area contributed by atoms with E-state index < -0.39 is 11.6 Å². The summed E-state index contributed by atoms with van der Waals surface area (Å²) in [6.45, 7) is 2.30.